The molecule has 3 nitrogen and oxygen atoms in total. The fraction of sp³-hybridized carbons (Fsp3) is 0.643. The minimum atomic E-state index is 0.548. The van der Waals surface area contributed by atoms with Gasteiger partial charge in [-0.15, -0.1) is 0 Å². The van der Waals surface area contributed by atoms with Gasteiger partial charge in [-0.1, -0.05) is 19.9 Å². The second kappa shape index (κ2) is 7.28. The van der Waals surface area contributed by atoms with Gasteiger partial charge in [0.05, 0.1) is 0 Å². The summed E-state index contributed by atoms with van der Waals surface area (Å²) in [5.41, 5.74) is 1.25. The van der Waals surface area contributed by atoms with Crippen molar-refractivity contribution in [1.29, 1.82) is 0 Å². The molecule has 1 aromatic heterocycles. The van der Waals surface area contributed by atoms with E-state index in [1.807, 2.05) is 6.20 Å². The Morgan fingerprint density at radius 3 is 2.53 bits per heavy atom. The summed E-state index contributed by atoms with van der Waals surface area (Å²) < 4.78 is 0. The van der Waals surface area contributed by atoms with E-state index in [9.17, 15) is 0 Å². The molecule has 0 aromatic carbocycles. The number of aromatic nitrogens is 1. The van der Waals surface area contributed by atoms with Gasteiger partial charge in [0, 0.05) is 25.3 Å². The van der Waals surface area contributed by atoms with E-state index < -0.39 is 0 Å². The third-order valence-electron chi connectivity index (χ3n) is 3.15. The summed E-state index contributed by atoms with van der Waals surface area (Å²) in [5, 5.41) is 3.31. The van der Waals surface area contributed by atoms with Gasteiger partial charge in [-0.25, -0.2) is 4.98 Å². The van der Waals surface area contributed by atoms with Gasteiger partial charge in [-0.3, -0.25) is 0 Å². The molecule has 0 fully saturated rings. The number of anilines is 1. The van der Waals surface area contributed by atoms with E-state index in [1.165, 1.54) is 5.56 Å². The highest BCUT2D eigenvalue weighted by atomic mass is 15.2. The predicted molar refractivity (Wildman–Crippen MR) is 74.4 cm³/mol. The first kappa shape index (κ1) is 14.0. The number of nitrogens with zero attached hydrogens (tertiary/aromatic N) is 2. The first-order chi connectivity index (χ1) is 8.22. The Labute approximate surface area is 105 Å². The van der Waals surface area contributed by atoms with Crippen molar-refractivity contribution in [3.8, 4) is 0 Å². The fourth-order valence-electron chi connectivity index (χ4n) is 1.88. The van der Waals surface area contributed by atoms with Gasteiger partial charge < -0.3 is 10.2 Å². The minimum Gasteiger partial charge on any atom is -0.354 e. The molecular weight excluding hydrogens is 210 g/mol. The molecule has 1 atom stereocenters. The maximum absolute atomic E-state index is 4.56. The summed E-state index contributed by atoms with van der Waals surface area (Å²) in [6, 6.07) is 4.84. The lowest BCUT2D eigenvalue weighted by atomic mass is 10.2. The Hall–Kier alpha value is -1.09. The Morgan fingerprint density at radius 2 is 2.06 bits per heavy atom. The van der Waals surface area contributed by atoms with Crippen LogP contribution in [0.1, 0.15) is 39.7 Å². The molecule has 0 radical (unpaired) electrons. The van der Waals surface area contributed by atoms with Crippen LogP contribution >= 0.6 is 0 Å². The number of pyridine rings is 1. The number of hydrogen-bond acceptors (Lipinski definition) is 3. The average molecular weight is 235 g/mol. The molecule has 0 aliphatic carbocycles. The van der Waals surface area contributed by atoms with Crippen molar-refractivity contribution in [3.63, 3.8) is 0 Å². The van der Waals surface area contributed by atoms with Crippen molar-refractivity contribution < 1.29 is 0 Å². The van der Waals surface area contributed by atoms with Gasteiger partial charge >= 0.3 is 0 Å². The molecule has 1 aromatic rings. The number of rotatable bonds is 7. The highest BCUT2D eigenvalue weighted by Crippen LogP contribution is 2.15. The van der Waals surface area contributed by atoms with Crippen LogP contribution in [0.4, 0.5) is 5.82 Å². The van der Waals surface area contributed by atoms with Gasteiger partial charge in [-0.2, -0.15) is 0 Å². The lowest BCUT2D eigenvalue weighted by Gasteiger charge is -2.28. The zero-order valence-electron chi connectivity index (χ0n) is 11.5. The monoisotopic (exact) mass is 235 g/mol. The van der Waals surface area contributed by atoms with Crippen LogP contribution in [0, 0.1) is 0 Å². The van der Waals surface area contributed by atoms with Crippen LogP contribution in [0.2, 0.25) is 0 Å². The quantitative estimate of drug-likeness (QED) is 0.787. The summed E-state index contributed by atoms with van der Waals surface area (Å²) in [6.45, 7) is 11.7. The second-order valence-electron chi connectivity index (χ2n) is 4.35. The van der Waals surface area contributed by atoms with Crippen molar-refractivity contribution >= 4 is 5.82 Å². The smallest absolute Gasteiger partial charge is 0.128 e. The Balaban J connectivity index is 2.71. The maximum atomic E-state index is 4.56. The topological polar surface area (TPSA) is 28.2 Å². The molecule has 0 saturated heterocycles. The molecule has 1 heterocycles. The lowest BCUT2D eigenvalue weighted by Crippen LogP contribution is -2.32. The Kier molecular flexibility index (Phi) is 5.98. The highest BCUT2D eigenvalue weighted by molar-refractivity contribution is 5.40. The zero-order valence-corrected chi connectivity index (χ0v) is 11.5. The van der Waals surface area contributed by atoms with E-state index in [4.69, 9.17) is 0 Å². The van der Waals surface area contributed by atoms with E-state index in [1.54, 1.807) is 0 Å². The normalized spacial score (nSPS) is 12.5. The molecule has 96 valence electrons. The fourth-order valence-corrected chi connectivity index (χ4v) is 1.88. The molecule has 0 bridgehead atoms. The second-order valence-corrected chi connectivity index (χ2v) is 4.35. The first-order valence-electron chi connectivity index (χ1n) is 6.65. The van der Waals surface area contributed by atoms with Gasteiger partial charge in [0.2, 0.25) is 0 Å². The Bertz CT molecular complexity index is 308. The number of nitrogens with one attached hydrogen (secondary N) is 1. The van der Waals surface area contributed by atoms with Crippen molar-refractivity contribution in [3.05, 3.63) is 23.9 Å². The van der Waals surface area contributed by atoms with Crippen LogP contribution in [0.3, 0.4) is 0 Å². The zero-order chi connectivity index (χ0) is 12.7. The number of hydrogen-bond donors (Lipinski definition) is 1. The highest BCUT2D eigenvalue weighted by Gasteiger charge is 2.11. The van der Waals surface area contributed by atoms with Crippen LogP contribution in [-0.2, 0) is 6.54 Å². The molecule has 0 aliphatic heterocycles. The summed E-state index contributed by atoms with van der Waals surface area (Å²) in [7, 11) is 0. The standard InChI is InChI=1S/C14H25N3/c1-5-12(4)17(7-3)14-9-8-13(11-16-14)10-15-6-2/h8-9,11-12,15H,5-7,10H2,1-4H3. The van der Waals surface area contributed by atoms with Crippen molar-refractivity contribution in [2.24, 2.45) is 0 Å². The SMILES string of the molecule is CCNCc1ccc(N(CC)C(C)CC)nc1. The molecule has 0 amide bonds. The molecule has 0 aliphatic rings. The third-order valence-corrected chi connectivity index (χ3v) is 3.15. The van der Waals surface area contributed by atoms with Crippen LogP contribution < -0.4 is 10.2 Å². The van der Waals surface area contributed by atoms with E-state index in [2.05, 4.69) is 55.0 Å². The summed E-state index contributed by atoms with van der Waals surface area (Å²) in [6.07, 6.45) is 3.12. The van der Waals surface area contributed by atoms with E-state index in [0.717, 1.165) is 31.9 Å². The van der Waals surface area contributed by atoms with Gasteiger partial charge in [0.1, 0.15) is 5.82 Å². The predicted octanol–water partition coefficient (Wildman–Crippen LogP) is 2.82. The molecule has 3 heteroatoms. The van der Waals surface area contributed by atoms with Crippen molar-refractivity contribution in [2.75, 3.05) is 18.0 Å². The molecule has 0 saturated carbocycles. The molecule has 0 spiro atoms. The lowest BCUT2D eigenvalue weighted by molar-refractivity contribution is 0.622. The van der Waals surface area contributed by atoms with Crippen LogP contribution in [-0.4, -0.2) is 24.1 Å². The summed E-state index contributed by atoms with van der Waals surface area (Å²) in [5.74, 6) is 1.09. The van der Waals surface area contributed by atoms with Gasteiger partial charge in [-0.05, 0) is 38.4 Å². The first-order valence-corrected chi connectivity index (χ1v) is 6.65. The van der Waals surface area contributed by atoms with E-state index in [0.29, 0.717) is 6.04 Å². The summed E-state index contributed by atoms with van der Waals surface area (Å²) >= 11 is 0. The maximum Gasteiger partial charge on any atom is 0.128 e. The van der Waals surface area contributed by atoms with E-state index in [-0.39, 0.29) is 0 Å². The van der Waals surface area contributed by atoms with Gasteiger partial charge in [0.15, 0.2) is 0 Å². The molecule has 17 heavy (non-hydrogen) atoms. The Morgan fingerprint density at radius 1 is 1.29 bits per heavy atom. The molecule has 1 unspecified atom stereocenters. The molecule has 1 N–H and O–H groups in total. The van der Waals surface area contributed by atoms with Crippen molar-refractivity contribution in [2.45, 2.75) is 46.7 Å². The molecule has 1 rings (SSSR count). The van der Waals surface area contributed by atoms with Crippen molar-refractivity contribution in [1.82, 2.24) is 10.3 Å². The van der Waals surface area contributed by atoms with E-state index >= 15 is 0 Å². The summed E-state index contributed by atoms with van der Waals surface area (Å²) in [4.78, 5) is 6.90. The third kappa shape index (κ3) is 4.00. The van der Waals surface area contributed by atoms with Crippen LogP contribution in [0.5, 0.6) is 0 Å². The average Bonchev–Trinajstić information content (AvgIpc) is 2.38. The largest absolute Gasteiger partial charge is 0.354 e. The molecular formula is C14H25N3. The minimum absolute atomic E-state index is 0.548. The van der Waals surface area contributed by atoms with Gasteiger partial charge in [0.25, 0.3) is 0 Å². The van der Waals surface area contributed by atoms with Crippen LogP contribution in [0.15, 0.2) is 18.3 Å². The van der Waals surface area contributed by atoms with Crippen LogP contribution in [0.25, 0.3) is 0 Å².